The maximum atomic E-state index is 6.49. The fourth-order valence-electron chi connectivity index (χ4n) is 3.29. The Hall–Kier alpha value is -1.10. The van der Waals surface area contributed by atoms with Gasteiger partial charge in [0.15, 0.2) is 0 Å². The second-order valence-electron chi connectivity index (χ2n) is 5.50. The summed E-state index contributed by atoms with van der Waals surface area (Å²) in [6, 6.07) is 6.99. The van der Waals surface area contributed by atoms with E-state index >= 15 is 0 Å². The first kappa shape index (κ1) is 15.3. The van der Waals surface area contributed by atoms with Crippen LogP contribution in [0.3, 0.4) is 0 Å². The molecule has 2 rings (SSSR count). The number of fused-ring (bicyclic) bond motifs is 1. The van der Waals surface area contributed by atoms with Crippen molar-refractivity contribution < 1.29 is 9.47 Å². The number of likely N-dealkylation sites (N-methyl/N-ethyl adjacent to an activating group) is 1. The zero-order chi connectivity index (χ0) is 14.7. The Labute approximate surface area is 121 Å². The molecule has 0 spiro atoms. The van der Waals surface area contributed by atoms with Crippen molar-refractivity contribution in [3.05, 3.63) is 29.3 Å². The summed E-state index contributed by atoms with van der Waals surface area (Å²) in [6.45, 7) is 6.09. The second-order valence-corrected chi connectivity index (χ2v) is 5.50. The van der Waals surface area contributed by atoms with Crippen LogP contribution in [0, 0.1) is 0 Å². The zero-order valence-corrected chi connectivity index (χ0v) is 12.9. The maximum absolute atomic E-state index is 6.49. The van der Waals surface area contributed by atoms with E-state index in [2.05, 4.69) is 30.9 Å². The van der Waals surface area contributed by atoms with Crippen LogP contribution in [0.5, 0.6) is 5.75 Å². The first-order chi connectivity index (χ1) is 9.62. The third-order valence-electron chi connectivity index (χ3n) is 4.32. The number of hydrogen-bond donors (Lipinski definition) is 1. The third-order valence-corrected chi connectivity index (χ3v) is 4.32. The van der Waals surface area contributed by atoms with Gasteiger partial charge < -0.3 is 15.2 Å². The molecule has 0 saturated heterocycles. The van der Waals surface area contributed by atoms with Crippen LogP contribution in [-0.4, -0.2) is 44.4 Å². The molecule has 0 heterocycles. The third kappa shape index (κ3) is 2.82. The molecule has 1 aromatic carbocycles. The van der Waals surface area contributed by atoms with Gasteiger partial charge in [0.05, 0.1) is 13.7 Å². The summed E-state index contributed by atoms with van der Waals surface area (Å²) in [7, 11) is 3.44. The Morgan fingerprint density at radius 3 is 2.75 bits per heavy atom. The molecule has 0 bridgehead atoms. The highest BCUT2D eigenvalue weighted by Crippen LogP contribution is 2.35. The van der Waals surface area contributed by atoms with Gasteiger partial charge in [-0.15, -0.1) is 0 Å². The summed E-state index contributed by atoms with van der Waals surface area (Å²) >= 11 is 0. The van der Waals surface area contributed by atoms with Crippen molar-refractivity contribution in [1.29, 1.82) is 0 Å². The average Bonchev–Trinajstić information content (AvgIpc) is 2.77. The minimum Gasteiger partial charge on any atom is -0.497 e. The molecular formula is C16H26N2O2. The van der Waals surface area contributed by atoms with Crippen molar-refractivity contribution in [3.8, 4) is 5.75 Å². The van der Waals surface area contributed by atoms with Crippen molar-refractivity contribution >= 4 is 0 Å². The molecule has 0 aliphatic heterocycles. The Morgan fingerprint density at radius 1 is 1.40 bits per heavy atom. The van der Waals surface area contributed by atoms with Gasteiger partial charge >= 0.3 is 0 Å². The van der Waals surface area contributed by atoms with Gasteiger partial charge in [-0.3, -0.25) is 4.90 Å². The molecule has 4 heteroatoms. The SMILES string of the molecule is CCN(C(C)COC)C1Cc2ccc(OC)cc2C1N. The van der Waals surface area contributed by atoms with Gasteiger partial charge in [0.2, 0.25) is 0 Å². The number of rotatable bonds is 6. The predicted octanol–water partition coefficient (Wildman–Crippen LogP) is 1.98. The van der Waals surface area contributed by atoms with E-state index in [1.54, 1.807) is 14.2 Å². The fourth-order valence-corrected chi connectivity index (χ4v) is 3.29. The normalized spacial score (nSPS) is 22.9. The van der Waals surface area contributed by atoms with Crippen LogP contribution in [0.15, 0.2) is 18.2 Å². The van der Waals surface area contributed by atoms with Crippen LogP contribution in [0.2, 0.25) is 0 Å². The quantitative estimate of drug-likeness (QED) is 0.864. The lowest BCUT2D eigenvalue weighted by atomic mass is 10.1. The molecule has 3 atom stereocenters. The lowest BCUT2D eigenvalue weighted by molar-refractivity contribution is 0.0678. The molecule has 112 valence electrons. The van der Waals surface area contributed by atoms with Crippen LogP contribution in [0.4, 0.5) is 0 Å². The van der Waals surface area contributed by atoms with E-state index in [1.165, 1.54) is 11.1 Å². The van der Waals surface area contributed by atoms with Gasteiger partial charge in [0.25, 0.3) is 0 Å². The Morgan fingerprint density at radius 2 is 2.15 bits per heavy atom. The van der Waals surface area contributed by atoms with E-state index in [9.17, 15) is 0 Å². The minimum absolute atomic E-state index is 0.0411. The van der Waals surface area contributed by atoms with Gasteiger partial charge in [0.1, 0.15) is 5.75 Å². The molecule has 4 nitrogen and oxygen atoms in total. The summed E-state index contributed by atoms with van der Waals surface area (Å²) in [5.41, 5.74) is 9.05. The van der Waals surface area contributed by atoms with Crippen molar-refractivity contribution in [2.75, 3.05) is 27.4 Å². The van der Waals surface area contributed by atoms with Gasteiger partial charge in [-0.05, 0) is 43.1 Å². The van der Waals surface area contributed by atoms with E-state index in [1.807, 2.05) is 6.07 Å². The molecule has 0 radical (unpaired) electrons. The monoisotopic (exact) mass is 278 g/mol. The van der Waals surface area contributed by atoms with E-state index in [0.29, 0.717) is 12.1 Å². The number of ether oxygens (including phenoxy) is 2. The second kappa shape index (κ2) is 6.57. The zero-order valence-electron chi connectivity index (χ0n) is 12.9. The molecule has 1 aliphatic rings. The summed E-state index contributed by atoms with van der Waals surface area (Å²) in [4.78, 5) is 2.45. The molecule has 1 aliphatic carbocycles. The van der Waals surface area contributed by atoms with Crippen molar-refractivity contribution in [3.63, 3.8) is 0 Å². The number of nitrogens with two attached hydrogens (primary N) is 1. The van der Waals surface area contributed by atoms with Crippen LogP contribution in [0.1, 0.15) is 31.0 Å². The maximum Gasteiger partial charge on any atom is 0.119 e. The summed E-state index contributed by atoms with van der Waals surface area (Å²) in [5, 5.41) is 0. The largest absolute Gasteiger partial charge is 0.497 e. The first-order valence-electron chi connectivity index (χ1n) is 7.29. The molecule has 0 amide bonds. The van der Waals surface area contributed by atoms with E-state index in [-0.39, 0.29) is 6.04 Å². The standard InChI is InChI=1S/C16H26N2O2/c1-5-18(11(2)10-19-3)15-8-12-6-7-13(20-4)9-14(12)16(15)17/h6-7,9,11,15-16H,5,8,10,17H2,1-4H3. The van der Waals surface area contributed by atoms with Crippen LogP contribution in [0.25, 0.3) is 0 Å². The van der Waals surface area contributed by atoms with Crippen molar-refractivity contribution in [2.24, 2.45) is 5.73 Å². The van der Waals surface area contributed by atoms with E-state index < -0.39 is 0 Å². The smallest absolute Gasteiger partial charge is 0.119 e. The van der Waals surface area contributed by atoms with Crippen LogP contribution >= 0.6 is 0 Å². The molecule has 1 aromatic rings. The Bertz CT molecular complexity index is 450. The number of hydrogen-bond acceptors (Lipinski definition) is 4. The molecule has 3 unspecified atom stereocenters. The van der Waals surface area contributed by atoms with Gasteiger partial charge in [-0.2, -0.15) is 0 Å². The predicted molar refractivity (Wildman–Crippen MR) is 81.1 cm³/mol. The highest BCUT2D eigenvalue weighted by Gasteiger charge is 2.35. The highest BCUT2D eigenvalue weighted by molar-refractivity contribution is 5.42. The molecule has 2 N–H and O–H groups in total. The van der Waals surface area contributed by atoms with Crippen LogP contribution < -0.4 is 10.5 Å². The Kier molecular flexibility index (Phi) is 5.02. The fraction of sp³-hybridized carbons (Fsp3) is 0.625. The van der Waals surface area contributed by atoms with Crippen LogP contribution in [-0.2, 0) is 11.2 Å². The lowest BCUT2D eigenvalue weighted by Crippen LogP contribution is -2.47. The molecule has 0 aromatic heterocycles. The van der Waals surface area contributed by atoms with Gasteiger partial charge in [-0.1, -0.05) is 13.0 Å². The molecule has 0 fully saturated rings. The summed E-state index contributed by atoms with van der Waals surface area (Å²) < 4.78 is 10.6. The summed E-state index contributed by atoms with van der Waals surface area (Å²) in [6.07, 6.45) is 1.00. The van der Waals surface area contributed by atoms with E-state index in [0.717, 1.165) is 25.3 Å². The van der Waals surface area contributed by atoms with Gasteiger partial charge in [0, 0.05) is 25.2 Å². The number of nitrogens with zero attached hydrogens (tertiary/aromatic N) is 1. The number of methoxy groups -OCH3 is 2. The average molecular weight is 278 g/mol. The topological polar surface area (TPSA) is 47.7 Å². The summed E-state index contributed by atoms with van der Waals surface area (Å²) in [5.74, 6) is 0.882. The van der Waals surface area contributed by atoms with E-state index in [4.69, 9.17) is 15.2 Å². The van der Waals surface area contributed by atoms with Crippen molar-refractivity contribution in [2.45, 2.75) is 38.4 Å². The first-order valence-corrected chi connectivity index (χ1v) is 7.29. The molecule has 20 heavy (non-hydrogen) atoms. The molecular weight excluding hydrogens is 252 g/mol. The molecule has 0 saturated carbocycles. The minimum atomic E-state index is 0.0411. The van der Waals surface area contributed by atoms with Gasteiger partial charge in [-0.25, -0.2) is 0 Å². The van der Waals surface area contributed by atoms with Crippen molar-refractivity contribution in [1.82, 2.24) is 4.90 Å². The number of benzene rings is 1. The lowest BCUT2D eigenvalue weighted by Gasteiger charge is -2.35. The highest BCUT2D eigenvalue weighted by atomic mass is 16.5. The Balaban J connectivity index is 2.20.